The molecular formula is C4H6N2O3. The molecule has 1 aliphatic rings. The lowest BCUT2D eigenvalue weighted by Gasteiger charge is -2.07. The number of ether oxygens (including phenoxy) is 1. The summed E-state index contributed by atoms with van der Waals surface area (Å²) in [5, 5.41) is 0.931. The van der Waals surface area contributed by atoms with Gasteiger partial charge in [-0.2, -0.15) is 0 Å². The van der Waals surface area contributed by atoms with Gasteiger partial charge in [0.15, 0.2) is 0 Å². The summed E-state index contributed by atoms with van der Waals surface area (Å²) >= 11 is 0. The normalized spacial score (nSPS) is 15.4. The van der Waals surface area contributed by atoms with Crippen LogP contribution in [0.3, 0.4) is 0 Å². The minimum Gasteiger partial charge on any atom is -0.451 e. The van der Waals surface area contributed by atoms with Crippen LogP contribution < -0.4 is 5.48 Å². The molecule has 0 fully saturated rings. The second-order valence-corrected chi connectivity index (χ2v) is 1.32. The van der Waals surface area contributed by atoms with Crippen molar-refractivity contribution in [2.75, 3.05) is 7.11 Å². The molecule has 0 radical (unpaired) electrons. The monoisotopic (exact) mass is 130 g/mol. The summed E-state index contributed by atoms with van der Waals surface area (Å²) < 4.78 is 4.30. The number of hydrogen-bond acceptors (Lipinski definition) is 4. The Kier molecular flexibility index (Phi) is 1.55. The fraction of sp³-hybridized carbons (Fsp3) is 0.250. The molecule has 0 bridgehead atoms. The fourth-order valence-electron chi connectivity index (χ4n) is 0.404. The Morgan fingerprint density at radius 1 is 1.89 bits per heavy atom. The van der Waals surface area contributed by atoms with Crippen LogP contribution >= 0.6 is 0 Å². The van der Waals surface area contributed by atoms with Gasteiger partial charge in [-0.1, -0.05) is 0 Å². The SMILES string of the molecule is COC(=O)N1C=CNO1. The van der Waals surface area contributed by atoms with Crippen LogP contribution in [-0.2, 0) is 9.68 Å². The Morgan fingerprint density at radius 3 is 3.11 bits per heavy atom. The zero-order chi connectivity index (χ0) is 6.69. The summed E-state index contributed by atoms with van der Waals surface area (Å²) in [7, 11) is 1.28. The number of amides is 1. The average Bonchev–Trinajstić information content (AvgIpc) is 2.37. The Labute approximate surface area is 51.7 Å². The van der Waals surface area contributed by atoms with E-state index >= 15 is 0 Å². The van der Waals surface area contributed by atoms with Gasteiger partial charge in [0, 0.05) is 6.20 Å². The number of nitrogens with zero attached hydrogens (tertiary/aromatic N) is 1. The van der Waals surface area contributed by atoms with E-state index in [1.165, 1.54) is 19.5 Å². The van der Waals surface area contributed by atoms with E-state index in [1.54, 1.807) is 0 Å². The molecule has 1 N–H and O–H groups in total. The summed E-state index contributed by atoms with van der Waals surface area (Å²) in [6.45, 7) is 0. The van der Waals surface area contributed by atoms with E-state index in [1.807, 2.05) is 0 Å². The Bertz CT molecular complexity index is 145. The zero-order valence-corrected chi connectivity index (χ0v) is 4.83. The zero-order valence-electron chi connectivity index (χ0n) is 4.83. The third kappa shape index (κ3) is 1.11. The molecule has 0 aromatic carbocycles. The molecule has 1 rings (SSSR count). The highest BCUT2D eigenvalue weighted by atomic mass is 16.8. The molecule has 1 amide bonds. The summed E-state index contributed by atoms with van der Waals surface area (Å²) in [5.41, 5.74) is 2.33. The minimum atomic E-state index is -0.559. The molecule has 0 aromatic rings. The van der Waals surface area contributed by atoms with Gasteiger partial charge in [-0.15, -0.1) is 10.0 Å². The van der Waals surface area contributed by atoms with Crippen LogP contribution in [0, 0.1) is 0 Å². The van der Waals surface area contributed by atoms with Gasteiger partial charge in [-0.25, -0.2) is 10.3 Å². The molecule has 5 nitrogen and oxygen atoms in total. The van der Waals surface area contributed by atoms with Crippen molar-refractivity contribution in [2.45, 2.75) is 0 Å². The predicted octanol–water partition coefficient (Wildman–Crippen LogP) is -0.0242. The number of methoxy groups -OCH3 is 1. The number of rotatable bonds is 0. The first-order valence-corrected chi connectivity index (χ1v) is 2.31. The second-order valence-electron chi connectivity index (χ2n) is 1.32. The first kappa shape index (κ1) is 5.90. The fourth-order valence-corrected chi connectivity index (χ4v) is 0.404. The molecule has 0 saturated heterocycles. The standard InChI is InChI=1S/C4H6N2O3/c1-8-4(7)6-3-2-5-9-6/h2-3,5H,1H3. The first-order chi connectivity index (χ1) is 4.34. The molecule has 1 aliphatic heterocycles. The van der Waals surface area contributed by atoms with Gasteiger partial charge in [0.25, 0.3) is 0 Å². The van der Waals surface area contributed by atoms with Crippen LogP contribution in [0.5, 0.6) is 0 Å². The van der Waals surface area contributed by atoms with Gasteiger partial charge in [-0.05, 0) is 0 Å². The summed E-state index contributed by atoms with van der Waals surface area (Å²) in [4.78, 5) is 15.0. The van der Waals surface area contributed by atoms with E-state index in [9.17, 15) is 4.79 Å². The average molecular weight is 130 g/mol. The number of hydroxylamine groups is 3. The van der Waals surface area contributed by atoms with E-state index in [-0.39, 0.29) is 0 Å². The number of carbonyl (C=O) groups excluding carboxylic acids is 1. The lowest BCUT2D eigenvalue weighted by molar-refractivity contribution is -0.120. The molecule has 0 atom stereocenters. The highest BCUT2D eigenvalue weighted by Crippen LogP contribution is 1.97. The van der Waals surface area contributed by atoms with Crippen molar-refractivity contribution < 1.29 is 14.5 Å². The Balaban J connectivity index is 2.43. The van der Waals surface area contributed by atoms with Gasteiger partial charge in [-0.3, -0.25) is 0 Å². The van der Waals surface area contributed by atoms with Crippen molar-refractivity contribution in [1.82, 2.24) is 10.5 Å². The van der Waals surface area contributed by atoms with Gasteiger partial charge in [0.2, 0.25) is 0 Å². The first-order valence-electron chi connectivity index (χ1n) is 2.31. The summed E-state index contributed by atoms with van der Waals surface area (Å²) in [5.74, 6) is 0. The number of hydrogen-bond donors (Lipinski definition) is 1. The quantitative estimate of drug-likeness (QED) is 0.500. The molecule has 1 heterocycles. The molecule has 0 aliphatic carbocycles. The van der Waals surface area contributed by atoms with Crippen LogP contribution in [-0.4, -0.2) is 18.3 Å². The highest BCUT2D eigenvalue weighted by molar-refractivity contribution is 5.67. The van der Waals surface area contributed by atoms with Crippen molar-refractivity contribution in [3.8, 4) is 0 Å². The largest absolute Gasteiger partial charge is 0.451 e. The van der Waals surface area contributed by atoms with Crippen LogP contribution in [0.2, 0.25) is 0 Å². The van der Waals surface area contributed by atoms with E-state index in [0.29, 0.717) is 0 Å². The van der Waals surface area contributed by atoms with E-state index in [2.05, 4.69) is 15.2 Å². The van der Waals surface area contributed by atoms with Gasteiger partial charge in [0.1, 0.15) is 0 Å². The molecule has 50 valence electrons. The third-order valence-electron chi connectivity index (χ3n) is 0.784. The Morgan fingerprint density at radius 2 is 2.67 bits per heavy atom. The third-order valence-corrected chi connectivity index (χ3v) is 0.784. The molecule has 0 aromatic heterocycles. The van der Waals surface area contributed by atoms with Crippen LogP contribution in [0.15, 0.2) is 12.4 Å². The Hall–Kier alpha value is -1.23. The van der Waals surface area contributed by atoms with Crippen molar-refractivity contribution in [1.29, 1.82) is 0 Å². The van der Waals surface area contributed by atoms with Crippen molar-refractivity contribution in [3.63, 3.8) is 0 Å². The van der Waals surface area contributed by atoms with Crippen LogP contribution in [0.25, 0.3) is 0 Å². The maximum atomic E-state index is 10.5. The van der Waals surface area contributed by atoms with E-state index < -0.39 is 6.09 Å². The lowest BCUT2D eigenvalue weighted by atomic mass is 10.9. The number of carbonyl (C=O) groups is 1. The highest BCUT2D eigenvalue weighted by Gasteiger charge is 2.13. The topological polar surface area (TPSA) is 50.8 Å². The molecule has 5 heteroatoms. The molecule has 0 spiro atoms. The van der Waals surface area contributed by atoms with Crippen LogP contribution in [0.1, 0.15) is 0 Å². The van der Waals surface area contributed by atoms with Gasteiger partial charge in [0.05, 0.1) is 13.3 Å². The van der Waals surface area contributed by atoms with Crippen molar-refractivity contribution in [3.05, 3.63) is 12.4 Å². The second kappa shape index (κ2) is 2.36. The summed E-state index contributed by atoms with van der Waals surface area (Å²) in [6.07, 6.45) is 2.32. The lowest BCUT2D eigenvalue weighted by Crippen LogP contribution is -2.24. The molecule has 9 heavy (non-hydrogen) atoms. The van der Waals surface area contributed by atoms with Gasteiger partial charge >= 0.3 is 6.09 Å². The van der Waals surface area contributed by atoms with Gasteiger partial charge < -0.3 is 4.74 Å². The summed E-state index contributed by atoms with van der Waals surface area (Å²) in [6, 6.07) is 0. The maximum Gasteiger partial charge on any atom is 0.440 e. The molecular weight excluding hydrogens is 124 g/mol. The maximum absolute atomic E-state index is 10.5. The molecule has 0 unspecified atom stereocenters. The smallest absolute Gasteiger partial charge is 0.440 e. The number of nitrogens with one attached hydrogen (secondary N) is 1. The van der Waals surface area contributed by atoms with E-state index in [0.717, 1.165) is 5.06 Å². The van der Waals surface area contributed by atoms with Crippen molar-refractivity contribution in [2.24, 2.45) is 0 Å². The van der Waals surface area contributed by atoms with Crippen LogP contribution in [0.4, 0.5) is 4.79 Å². The van der Waals surface area contributed by atoms with Crippen molar-refractivity contribution >= 4 is 6.09 Å². The predicted molar refractivity (Wildman–Crippen MR) is 27.6 cm³/mol. The molecule has 0 saturated carbocycles. The van der Waals surface area contributed by atoms with E-state index in [4.69, 9.17) is 0 Å². The minimum absolute atomic E-state index is 0.559.